The van der Waals surface area contributed by atoms with E-state index in [2.05, 4.69) is 10.6 Å². The summed E-state index contributed by atoms with van der Waals surface area (Å²) >= 11 is 5.66. The molecule has 0 aliphatic rings. The number of urea groups is 1. The van der Waals surface area contributed by atoms with Crippen LogP contribution in [0.1, 0.15) is 0 Å². The highest BCUT2D eigenvalue weighted by Gasteiger charge is 2.14. The number of halogens is 1. The third-order valence-corrected chi connectivity index (χ3v) is 2.48. The maximum Gasteiger partial charge on any atom is 0.326 e. The average Bonchev–Trinajstić information content (AvgIpc) is 2.84. The first-order valence-corrected chi connectivity index (χ1v) is 5.49. The predicted molar refractivity (Wildman–Crippen MR) is 69.5 cm³/mol. The van der Waals surface area contributed by atoms with Crippen LogP contribution < -0.4 is 10.6 Å². The summed E-state index contributed by atoms with van der Waals surface area (Å²) in [6.45, 7) is 0. The van der Waals surface area contributed by atoms with E-state index >= 15 is 0 Å². The van der Waals surface area contributed by atoms with Gasteiger partial charge in [-0.15, -0.1) is 0 Å². The number of benzene rings is 1. The first-order chi connectivity index (χ1) is 9.06. The second kappa shape index (κ2) is 5.40. The fourth-order valence-electron chi connectivity index (χ4n) is 1.35. The molecule has 7 nitrogen and oxygen atoms in total. The summed E-state index contributed by atoms with van der Waals surface area (Å²) in [6.07, 6.45) is 1.41. The molecule has 0 saturated heterocycles. The van der Waals surface area contributed by atoms with Gasteiger partial charge in [0.25, 0.3) is 5.69 Å². The van der Waals surface area contributed by atoms with Crippen LogP contribution in [0.25, 0.3) is 0 Å². The SMILES string of the molecule is O=C(Nc1ccc(Cl)c([N+](=O)[O-])c1)Nc1ccco1. The molecule has 0 aliphatic heterocycles. The Bertz CT molecular complexity index is 612. The van der Waals surface area contributed by atoms with Crippen LogP contribution in [0.2, 0.25) is 5.02 Å². The third-order valence-electron chi connectivity index (χ3n) is 2.16. The zero-order chi connectivity index (χ0) is 13.8. The molecule has 98 valence electrons. The first-order valence-electron chi connectivity index (χ1n) is 5.12. The van der Waals surface area contributed by atoms with Gasteiger partial charge in [-0.25, -0.2) is 4.79 Å². The van der Waals surface area contributed by atoms with Crippen LogP contribution in [-0.4, -0.2) is 11.0 Å². The van der Waals surface area contributed by atoms with Gasteiger partial charge in [-0.1, -0.05) is 11.6 Å². The Labute approximate surface area is 112 Å². The van der Waals surface area contributed by atoms with Gasteiger partial charge in [0.2, 0.25) is 5.88 Å². The van der Waals surface area contributed by atoms with E-state index in [-0.39, 0.29) is 22.3 Å². The number of carbonyl (C=O) groups excluding carboxylic acids is 1. The van der Waals surface area contributed by atoms with E-state index in [0.29, 0.717) is 0 Å². The van der Waals surface area contributed by atoms with Crippen molar-refractivity contribution in [3.63, 3.8) is 0 Å². The van der Waals surface area contributed by atoms with Crippen molar-refractivity contribution in [2.24, 2.45) is 0 Å². The van der Waals surface area contributed by atoms with E-state index in [1.165, 1.54) is 24.5 Å². The normalized spacial score (nSPS) is 9.95. The molecule has 0 unspecified atom stereocenters. The Morgan fingerprint density at radius 3 is 2.74 bits per heavy atom. The zero-order valence-corrected chi connectivity index (χ0v) is 10.2. The molecular formula is C11H8ClN3O4. The van der Waals surface area contributed by atoms with Crippen LogP contribution in [0.4, 0.5) is 22.1 Å². The van der Waals surface area contributed by atoms with E-state index in [1.807, 2.05) is 0 Å². The molecule has 2 amide bonds. The van der Waals surface area contributed by atoms with Crippen LogP contribution in [0.5, 0.6) is 0 Å². The van der Waals surface area contributed by atoms with Gasteiger partial charge in [0.1, 0.15) is 5.02 Å². The number of nitrogens with zero attached hydrogens (tertiary/aromatic N) is 1. The summed E-state index contributed by atoms with van der Waals surface area (Å²) in [7, 11) is 0. The monoisotopic (exact) mass is 281 g/mol. The minimum absolute atomic E-state index is 0.00185. The molecule has 2 N–H and O–H groups in total. The maximum absolute atomic E-state index is 11.6. The second-order valence-corrected chi connectivity index (χ2v) is 3.89. The summed E-state index contributed by atoms with van der Waals surface area (Å²) in [6, 6.07) is 6.56. The number of amides is 2. The number of nitro groups is 1. The van der Waals surface area contributed by atoms with Gasteiger partial charge < -0.3 is 9.73 Å². The molecule has 1 aromatic carbocycles. The minimum atomic E-state index is -0.627. The topological polar surface area (TPSA) is 97.4 Å². The number of rotatable bonds is 3. The van der Waals surface area contributed by atoms with Gasteiger partial charge in [0, 0.05) is 17.8 Å². The molecule has 0 aliphatic carbocycles. The molecule has 1 aromatic heterocycles. The number of hydrogen-bond donors (Lipinski definition) is 2. The lowest BCUT2D eigenvalue weighted by Crippen LogP contribution is -2.19. The second-order valence-electron chi connectivity index (χ2n) is 3.48. The number of carbonyl (C=O) groups is 1. The summed E-state index contributed by atoms with van der Waals surface area (Å²) in [5, 5.41) is 15.5. The van der Waals surface area contributed by atoms with Crippen LogP contribution >= 0.6 is 11.6 Å². The smallest absolute Gasteiger partial charge is 0.326 e. The lowest BCUT2D eigenvalue weighted by atomic mass is 10.3. The summed E-state index contributed by atoms with van der Waals surface area (Å²) in [5.41, 5.74) is -0.0300. The zero-order valence-electron chi connectivity index (χ0n) is 9.42. The number of furan rings is 1. The quantitative estimate of drug-likeness (QED) is 0.664. The Hall–Kier alpha value is -2.54. The lowest BCUT2D eigenvalue weighted by Gasteiger charge is -2.05. The van der Waals surface area contributed by atoms with Crippen LogP contribution in [0.3, 0.4) is 0 Å². The van der Waals surface area contributed by atoms with Crippen molar-refractivity contribution in [2.75, 3.05) is 10.6 Å². The largest absolute Gasteiger partial charge is 0.449 e. The molecule has 0 saturated carbocycles. The van der Waals surface area contributed by atoms with Gasteiger partial charge in [0.15, 0.2) is 0 Å². The van der Waals surface area contributed by atoms with Crippen molar-refractivity contribution in [2.45, 2.75) is 0 Å². The van der Waals surface area contributed by atoms with Gasteiger partial charge in [0.05, 0.1) is 11.2 Å². The van der Waals surface area contributed by atoms with E-state index in [9.17, 15) is 14.9 Å². The van der Waals surface area contributed by atoms with Crippen molar-refractivity contribution in [3.05, 3.63) is 51.7 Å². The Kier molecular flexibility index (Phi) is 3.67. The molecule has 0 radical (unpaired) electrons. The molecule has 19 heavy (non-hydrogen) atoms. The van der Waals surface area contributed by atoms with E-state index in [0.717, 1.165) is 0 Å². The van der Waals surface area contributed by atoms with Crippen molar-refractivity contribution < 1.29 is 14.1 Å². The van der Waals surface area contributed by atoms with Crippen molar-refractivity contribution in [1.29, 1.82) is 0 Å². The summed E-state index contributed by atoms with van der Waals surface area (Å²) in [4.78, 5) is 21.6. The fourth-order valence-corrected chi connectivity index (χ4v) is 1.54. The highest BCUT2D eigenvalue weighted by atomic mass is 35.5. The Morgan fingerprint density at radius 2 is 2.11 bits per heavy atom. The van der Waals surface area contributed by atoms with Gasteiger partial charge >= 0.3 is 6.03 Å². The van der Waals surface area contributed by atoms with Gasteiger partial charge in [-0.2, -0.15) is 0 Å². The maximum atomic E-state index is 11.6. The molecule has 2 aromatic rings. The molecule has 1 heterocycles. The highest BCUT2D eigenvalue weighted by Crippen LogP contribution is 2.27. The number of hydrogen-bond acceptors (Lipinski definition) is 4. The van der Waals surface area contributed by atoms with Gasteiger partial charge in [-0.05, 0) is 18.2 Å². The standard InChI is InChI=1S/C11H8ClN3O4/c12-8-4-3-7(6-9(8)15(17)18)13-11(16)14-10-2-1-5-19-10/h1-6H,(H2,13,14,16). The molecule has 0 spiro atoms. The highest BCUT2D eigenvalue weighted by molar-refractivity contribution is 6.32. The third kappa shape index (κ3) is 3.23. The molecule has 8 heteroatoms. The minimum Gasteiger partial charge on any atom is -0.449 e. The van der Waals surface area contributed by atoms with Crippen molar-refractivity contribution >= 4 is 34.9 Å². The lowest BCUT2D eigenvalue weighted by molar-refractivity contribution is -0.384. The fraction of sp³-hybridized carbons (Fsp3) is 0. The number of anilines is 2. The number of nitro benzene ring substituents is 1. The molecular weight excluding hydrogens is 274 g/mol. The van der Waals surface area contributed by atoms with Crippen molar-refractivity contribution in [3.8, 4) is 0 Å². The van der Waals surface area contributed by atoms with Crippen LogP contribution in [0, 0.1) is 10.1 Å². The van der Waals surface area contributed by atoms with E-state index in [1.54, 1.807) is 12.1 Å². The van der Waals surface area contributed by atoms with Crippen LogP contribution in [-0.2, 0) is 0 Å². The average molecular weight is 282 g/mol. The Balaban J connectivity index is 2.09. The van der Waals surface area contributed by atoms with Gasteiger partial charge in [-0.3, -0.25) is 15.4 Å². The molecule has 0 fully saturated rings. The Morgan fingerprint density at radius 1 is 1.32 bits per heavy atom. The summed E-state index contributed by atoms with van der Waals surface area (Å²) < 4.78 is 4.92. The molecule has 0 atom stereocenters. The summed E-state index contributed by atoms with van der Waals surface area (Å²) in [5.74, 6) is 0.265. The first kappa shape index (κ1) is 12.9. The number of nitrogens with one attached hydrogen (secondary N) is 2. The van der Waals surface area contributed by atoms with Crippen LogP contribution in [0.15, 0.2) is 41.0 Å². The van der Waals surface area contributed by atoms with E-state index < -0.39 is 11.0 Å². The van der Waals surface area contributed by atoms with E-state index in [4.69, 9.17) is 16.0 Å². The molecule has 0 bridgehead atoms. The van der Waals surface area contributed by atoms with Crippen molar-refractivity contribution in [1.82, 2.24) is 0 Å². The molecule has 2 rings (SSSR count). The predicted octanol–water partition coefficient (Wildman–Crippen LogP) is 3.49.